The van der Waals surface area contributed by atoms with Crippen molar-refractivity contribution >= 4 is 22.9 Å². The van der Waals surface area contributed by atoms with Crippen LogP contribution in [-0.2, 0) is 25.5 Å². The van der Waals surface area contributed by atoms with E-state index >= 15 is 0 Å². The monoisotopic (exact) mass is 359 g/mol. The van der Waals surface area contributed by atoms with E-state index in [1.54, 1.807) is 36.8 Å². The first kappa shape index (κ1) is 18.2. The Morgan fingerprint density at radius 3 is 2.77 bits per heavy atom. The summed E-state index contributed by atoms with van der Waals surface area (Å²) < 4.78 is 22.7. The molecule has 0 unspecified atom stereocenters. The van der Waals surface area contributed by atoms with Crippen LogP contribution in [0, 0.1) is 0 Å². The molecule has 138 valence electrons. The predicted molar refractivity (Wildman–Crippen MR) is 96.1 cm³/mol. The summed E-state index contributed by atoms with van der Waals surface area (Å²) in [6, 6.07) is 6.93. The van der Waals surface area contributed by atoms with Gasteiger partial charge >= 0.3 is 5.97 Å². The third kappa shape index (κ3) is 3.95. The summed E-state index contributed by atoms with van der Waals surface area (Å²) in [6.07, 6.45) is 2.44. The number of carbonyl (C=O) groups excluding carboxylic acids is 1. The SMILES string of the molecule is CCOC(=O)C=Cc1cc(=O)n(CC2OCCO2)c2cc(OC)ccc12. The molecule has 1 aliphatic rings. The maximum atomic E-state index is 12.7. The minimum atomic E-state index is -0.456. The molecule has 1 saturated heterocycles. The average Bonchev–Trinajstić information content (AvgIpc) is 3.15. The van der Waals surface area contributed by atoms with Crippen LogP contribution in [0.25, 0.3) is 17.0 Å². The van der Waals surface area contributed by atoms with Crippen molar-refractivity contribution in [3.63, 3.8) is 0 Å². The van der Waals surface area contributed by atoms with Crippen LogP contribution in [0.15, 0.2) is 35.1 Å². The summed E-state index contributed by atoms with van der Waals surface area (Å²) in [7, 11) is 1.57. The van der Waals surface area contributed by atoms with E-state index in [-0.39, 0.29) is 12.1 Å². The van der Waals surface area contributed by atoms with Crippen molar-refractivity contribution in [2.75, 3.05) is 26.9 Å². The Morgan fingerprint density at radius 1 is 1.31 bits per heavy atom. The van der Waals surface area contributed by atoms with Gasteiger partial charge in [-0.15, -0.1) is 0 Å². The second-order valence-electron chi connectivity index (χ2n) is 5.69. The second-order valence-corrected chi connectivity index (χ2v) is 5.69. The van der Waals surface area contributed by atoms with E-state index in [9.17, 15) is 9.59 Å². The van der Waals surface area contributed by atoms with Gasteiger partial charge in [-0.2, -0.15) is 0 Å². The molecular formula is C19H21NO6. The van der Waals surface area contributed by atoms with Gasteiger partial charge < -0.3 is 23.5 Å². The smallest absolute Gasteiger partial charge is 0.330 e. The number of methoxy groups -OCH3 is 1. The van der Waals surface area contributed by atoms with Crippen molar-refractivity contribution < 1.29 is 23.7 Å². The van der Waals surface area contributed by atoms with E-state index in [0.717, 1.165) is 5.39 Å². The number of hydrogen-bond acceptors (Lipinski definition) is 6. The lowest BCUT2D eigenvalue weighted by molar-refractivity contribution is -0.137. The van der Waals surface area contributed by atoms with Crippen molar-refractivity contribution in [3.05, 3.63) is 46.3 Å². The topological polar surface area (TPSA) is 76.0 Å². The summed E-state index contributed by atoms with van der Waals surface area (Å²) in [4.78, 5) is 24.3. The summed E-state index contributed by atoms with van der Waals surface area (Å²) in [5.74, 6) is 0.177. The Hall–Kier alpha value is -2.64. The molecule has 1 aliphatic heterocycles. The molecule has 0 radical (unpaired) electrons. The molecule has 2 aromatic rings. The highest BCUT2D eigenvalue weighted by Crippen LogP contribution is 2.24. The maximum Gasteiger partial charge on any atom is 0.330 e. The molecule has 0 atom stereocenters. The van der Waals surface area contributed by atoms with Crippen molar-refractivity contribution in [2.24, 2.45) is 0 Å². The Morgan fingerprint density at radius 2 is 2.08 bits per heavy atom. The third-order valence-electron chi connectivity index (χ3n) is 4.06. The number of fused-ring (bicyclic) bond motifs is 1. The molecule has 3 rings (SSSR count). The number of rotatable bonds is 6. The van der Waals surface area contributed by atoms with Crippen molar-refractivity contribution in [3.8, 4) is 5.75 Å². The molecule has 0 bridgehead atoms. The Balaban J connectivity index is 2.07. The molecule has 1 fully saturated rings. The molecule has 2 heterocycles. The molecule has 7 heteroatoms. The third-order valence-corrected chi connectivity index (χ3v) is 4.06. The predicted octanol–water partition coefficient (Wildman–Crippen LogP) is 1.96. The normalized spacial score (nSPS) is 15.0. The first-order valence-electron chi connectivity index (χ1n) is 8.42. The van der Waals surface area contributed by atoms with Crippen LogP contribution in [0.3, 0.4) is 0 Å². The van der Waals surface area contributed by atoms with Gasteiger partial charge in [0, 0.05) is 23.6 Å². The standard InChI is InChI=1S/C19H21NO6/c1-3-24-18(22)7-4-13-10-17(21)20(12-19-25-8-9-26-19)16-11-14(23-2)5-6-15(13)16/h4-7,10-11,19H,3,8-9,12H2,1-2H3. The fourth-order valence-electron chi connectivity index (χ4n) is 2.85. The van der Waals surface area contributed by atoms with Crippen LogP contribution in [0.1, 0.15) is 12.5 Å². The molecule has 7 nitrogen and oxygen atoms in total. The van der Waals surface area contributed by atoms with Crippen LogP contribution >= 0.6 is 0 Å². The number of pyridine rings is 1. The lowest BCUT2D eigenvalue weighted by Gasteiger charge is -2.16. The fraction of sp³-hybridized carbons (Fsp3) is 0.368. The molecule has 1 aromatic carbocycles. The number of nitrogens with zero attached hydrogens (tertiary/aromatic N) is 1. The molecule has 26 heavy (non-hydrogen) atoms. The van der Waals surface area contributed by atoms with E-state index in [0.29, 0.717) is 36.7 Å². The van der Waals surface area contributed by atoms with Crippen molar-refractivity contribution in [1.29, 1.82) is 0 Å². The van der Waals surface area contributed by atoms with Gasteiger partial charge in [-0.25, -0.2) is 4.79 Å². The summed E-state index contributed by atoms with van der Waals surface area (Å²) in [5.41, 5.74) is 1.10. The highest BCUT2D eigenvalue weighted by atomic mass is 16.7. The van der Waals surface area contributed by atoms with Crippen LogP contribution in [0.5, 0.6) is 5.75 Å². The summed E-state index contributed by atoms with van der Waals surface area (Å²) >= 11 is 0. The number of carbonyl (C=O) groups is 1. The zero-order valence-electron chi connectivity index (χ0n) is 14.8. The van der Waals surface area contributed by atoms with Crippen molar-refractivity contribution in [2.45, 2.75) is 19.8 Å². The van der Waals surface area contributed by atoms with Crippen molar-refractivity contribution in [1.82, 2.24) is 4.57 Å². The van der Waals surface area contributed by atoms with E-state index in [2.05, 4.69) is 0 Å². The van der Waals surface area contributed by atoms with Crippen LogP contribution in [0.2, 0.25) is 0 Å². The first-order valence-corrected chi connectivity index (χ1v) is 8.42. The highest BCUT2D eigenvalue weighted by molar-refractivity contribution is 5.94. The number of aromatic nitrogens is 1. The average molecular weight is 359 g/mol. The quantitative estimate of drug-likeness (QED) is 0.580. The van der Waals surface area contributed by atoms with Gasteiger partial charge in [0.2, 0.25) is 0 Å². The number of benzene rings is 1. The van der Waals surface area contributed by atoms with E-state index < -0.39 is 12.3 Å². The lowest BCUT2D eigenvalue weighted by atomic mass is 10.1. The molecule has 0 saturated carbocycles. The zero-order chi connectivity index (χ0) is 18.5. The highest BCUT2D eigenvalue weighted by Gasteiger charge is 2.19. The van der Waals surface area contributed by atoms with E-state index in [1.807, 2.05) is 6.07 Å². The lowest BCUT2D eigenvalue weighted by Crippen LogP contribution is -2.27. The van der Waals surface area contributed by atoms with Gasteiger partial charge in [0.1, 0.15) is 5.75 Å². The number of ether oxygens (including phenoxy) is 4. The van der Waals surface area contributed by atoms with E-state index in [1.165, 1.54) is 12.1 Å². The van der Waals surface area contributed by atoms with E-state index in [4.69, 9.17) is 18.9 Å². The molecule has 0 aliphatic carbocycles. The molecule has 1 aromatic heterocycles. The van der Waals surface area contributed by atoms with Gasteiger partial charge in [-0.1, -0.05) is 0 Å². The molecule has 0 N–H and O–H groups in total. The Labute approximate surface area is 150 Å². The van der Waals surface area contributed by atoms with Crippen LogP contribution < -0.4 is 10.3 Å². The Bertz CT molecular complexity index is 879. The fourth-order valence-corrected chi connectivity index (χ4v) is 2.85. The van der Waals surface area contributed by atoms with Gasteiger partial charge in [-0.05, 0) is 30.7 Å². The zero-order valence-corrected chi connectivity index (χ0v) is 14.8. The molecular weight excluding hydrogens is 338 g/mol. The first-order chi connectivity index (χ1) is 12.6. The Kier molecular flexibility index (Phi) is 5.70. The van der Waals surface area contributed by atoms with Crippen LogP contribution in [0.4, 0.5) is 0 Å². The second kappa shape index (κ2) is 8.16. The van der Waals surface area contributed by atoms with Gasteiger partial charge in [0.15, 0.2) is 6.29 Å². The number of esters is 1. The van der Waals surface area contributed by atoms with Crippen LogP contribution in [-0.4, -0.2) is 43.8 Å². The van der Waals surface area contributed by atoms with Gasteiger partial charge in [0.25, 0.3) is 5.56 Å². The molecule has 0 spiro atoms. The largest absolute Gasteiger partial charge is 0.497 e. The van der Waals surface area contributed by atoms with Gasteiger partial charge in [-0.3, -0.25) is 4.79 Å². The molecule has 0 amide bonds. The maximum absolute atomic E-state index is 12.7. The summed E-state index contributed by atoms with van der Waals surface area (Å²) in [6.45, 7) is 3.35. The minimum absolute atomic E-state index is 0.214. The van der Waals surface area contributed by atoms with Gasteiger partial charge in [0.05, 0.1) is 39.0 Å². The summed E-state index contributed by atoms with van der Waals surface area (Å²) in [5, 5.41) is 0.809. The number of hydrogen-bond donors (Lipinski definition) is 0. The minimum Gasteiger partial charge on any atom is -0.497 e.